The van der Waals surface area contributed by atoms with E-state index in [1.807, 2.05) is 91.0 Å². The molecule has 1 heterocycles. The summed E-state index contributed by atoms with van der Waals surface area (Å²) in [5.41, 5.74) is 1.66. The number of amides is 1. The molecular formula is C24H19NO3S2. The Labute approximate surface area is 185 Å². The maximum absolute atomic E-state index is 12.9. The van der Waals surface area contributed by atoms with Gasteiger partial charge in [0.2, 0.25) is 0 Å². The second-order valence-electron chi connectivity index (χ2n) is 6.44. The third-order valence-corrected chi connectivity index (χ3v) is 5.63. The van der Waals surface area contributed by atoms with Gasteiger partial charge in [-0.25, -0.2) is 0 Å². The predicted molar refractivity (Wildman–Crippen MR) is 126 cm³/mol. The summed E-state index contributed by atoms with van der Waals surface area (Å²) in [7, 11) is 0. The van der Waals surface area contributed by atoms with E-state index < -0.39 is 0 Å². The van der Waals surface area contributed by atoms with Crippen molar-refractivity contribution in [3.05, 3.63) is 95.4 Å². The van der Waals surface area contributed by atoms with Gasteiger partial charge in [0.05, 0.1) is 10.6 Å². The predicted octanol–water partition coefficient (Wildman–Crippen LogP) is 5.55. The number of nitrogens with zero attached hydrogens (tertiary/aromatic N) is 1. The molecule has 0 aromatic heterocycles. The van der Waals surface area contributed by atoms with E-state index in [9.17, 15) is 4.79 Å². The molecule has 30 heavy (non-hydrogen) atoms. The van der Waals surface area contributed by atoms with Crippen molar-refractivity contribution >= 4 is 46.0 Å². The summed E-state index contributed by atoms with van der Waals surface area (Å²) < 4.78 is 12.0. The highest BCUT2D eigenvalue weighted by Crippen LogP contribution is 2.36. The maximum Gasteiger partial charge on any atom is 0.270 e. The van der Waals surface area contributed by atoms with Crippen LogP contribution in [0, 0.1) is 0 Å². The number of thioether (sulfide) groups is 1. The lowest BCUT2D eigenvalue weighted by atomic mass is 10.2. The van der Waals surface area contributed by atoms with Crippen LogP contribution in [0.5, 0.6) is 11.5 Å². The molecule has 0 saturated carbocycles. The van der Waals surface area contributed by atoms with E-state index in [0.717, 1.165) is 22.7 Å². The third kappa shape index (κ3) is 4.90. The fourth-order valence-electron chi connectivity index (χ4n) is 2.95. The number of hydrogen-bond acceptors (Lipinski definition) is 5. The lowest BCUT2D eigenvalue weighted by molar-refractivity contribution is -0.113. The normalized spacial score (nSPS) is 14.9. The minimum absolute atomic E-state index is 0.112. The van der Waals surface area contributed by atoms with Crippen LogP contribution in [0.2, 0.25) is 0 Å². The Bertz CT molecular complexity index is 1070. The van der Waals surface area contributed by atoms with Crippen molar-refractivity contribution in [3.8, 4) is 11.5 Å². The summed E-state index contributed by atoms with van der Waals surface area (Å²) in [6, 6.07) is 26.7. The first-order chi connectivity index (χ1) is 14.7. The van der Waals surface area contributed by atoms with E-state index in [2.05, 4.69) is 0 Å². The van der Waals surface area contributed by atoms with Gasteiger partial charge in [0, 0.05) is 0 Å². The van der Waals surface area contributed by atoms with Crippen LogP contribution in [-0.2, 0) is 4.79 Å². The molecule has 0 spiro atoms. The Morgan fingerprint density at radius 3 is 2.20 bits per heavy atom. The first-order valence-electron chi connectivity index (χ1n) is 9.44. The molecule has 1 aliphatic heterocycles. The number of benzene rings is 3. The Morgan fingerprint density at radius 1 is 0.833 bits per heavy atom. The van der Waals surface area contributed by atoms with E-state index in [0.29, 0.717) is 22.4 Å². The summed E-state index contributed by atoms with van der Waals surface area (Å²) in [5.74, 6) is 1.42. The highest BCUT2D eigenvalue weighted by Gasteiger charge is 2.33. The van der Waals surface area contributed by atoms with Crippen LogP contribution in [0.25, 0.3) is 6.08 Å². The van der Waals surface area contributed by atoms with E-state index >= 15 is 0 Å². The Balaban J connectivity index is 1.39. The van der Waals surface area contributed by atoms with Crippen LogP contribution in [-0.4, -0.2) is 23.4 Å². The van der Waals surface area contributed by atoms with Crippen molar-refractivity contribution in [2.75, 3.05) is 18.1 Å². The van der Waals surface area contributed by atoms with Crippen LogP contribution in [0.15, 0.2) is 89.8 Å². The Morgan fingerprint density at radius 2 is 1.47 bits per heavy atom. The van der Waals surface area contributed by atoms with Gasteiger partial charge in [0.25, 0.3) is 5.91 Å². The minimum atomic E-state index is -0.112. The van der Waals surface area contributed by atoms with Crippen molar-refractivity contribution in [2.45, 2.75) is 0 Å². The van der Waals surface area contributed by atoms with E-state index in [1.54, 1.807) is 4.90 Å². The highest BCUT2D eigenvalue weighted by molar-refractivity contribution is 8.27. The number of thiocarbonyl (C=S) groups is 1. The van der Waals surface area contributed by atoms with Crippen molar-refractivity contribution in [2.24, 2.45) is 0 Å². The molecule has 0 N–H and O–H groups in total. The van der Waals surface area contributed by atoms with E-state index in [4.69, 9.17) is 21.7 Å². The molecular weight excluding hydrogens is 414 g/mol. The van der Waals surface area contributed by atoms with Gasteiger partial charge in [-0.3, -0.25) is 9.69 Å². The number of rotatable bonds is 7. The zero-order valence-corrected chi connectivity index (χ0v) is 17.7. The largest absolute Gasteiger partial charge is 0.490 e. The first kappa shape index (κ1) is 20.2. The highest BCUT2D eigenvalue weighted by atomic mass is 32.2. The zero-order chi connectivity index (χ0) is 20.8. The number of carbonyl (C=O) groups is 1. The molecule has 0 unspecified atom stereocenters. The molecule has 1 aliphatic rings. The van der Waals surface area contributed by atoms with Gasteiger partial charge < -0.3 is 9.47 Å². The van der Waals surface area contributed by atoms with Crippen molar-refractivity contribution in [1.29, 1.82) is 0 Å². The fraction of sp³-hybridized carbons (Fsp3) is 0.0833. The SMILES string of the molecule is O=C1C(=Cc2cccc(OCCOc3ccccc3)c2)SC(=S)N1c1ccccc1. The lowest BCUT2D eigenvalue weighted by Gasteiger charge is -2.13. The summed E-state index contributed by atoms with van der Waals surface area (Å²) >= 11 is 6.72. The quantitative estimate of drug-likeness (QED) is 0.277. The summed E-state index contributed by atoms with van der Waals surface area (Å²) in [4.78, 5) is 15.0. The zero-order valence-electron chi connectivity index (χ0n) is 16.1. The molecule has 4 nitrogen and oxygen atoms in total. The second kappa shape index (κ2) is 9.61. The van der Waals surface area contributed by atoms with Crippen LogP contribution in [0.4, 0.5) is 5.69 Å². The summed E-state index contributed by atoms with van der Waals surface area (Å²) in [5, 5.41) is 0. The average Bonchev–Trinajstić information content (AvgIpc) is 3.05. The molecule has 3 aromatic rings. The van der Waals surface area contributed by atoms with E-state index in [-0.39, 0.29) is 5.91 Å². The van der Waals surface area contributed by atoms with Crippen molar-refractivity contribution in [1.82, 2.24) is 0 Å². The van der Waals surface area contributed by atoms with Crippen molar-refractivity contribution < 1.29 is 14.3 Å². The maximum atomic E-state index is 12.9. The number of ether oxygens (including phenoxy) is 2. The molecule has 1 fully saturated rings. The Kier molecular flexibility index (Phi) is 6.47. The molecule has 0 aliphatic carbocycles. The molecule has 6 heteroatoms. The van der Waals surface area contributed by atoms with Gasteiger partial charge in [-0.1, -0.05) is 72.5 Å². The Hall–Kier alpha value is -3.09. The topological polar surface area (TPSA) is 38.8 Å². The van der Waals surface area contributed by atoms with Crippen LogP contribution < -0.4 is 14.4 Å². The van der Waals surface area contributed by atoms with E-state index in [1.165, 1.54) is 11.8 Å². The standard InChI is InChI=1S/C24H19NO3S2/c26-23-22(30-24(29)25(23)19-9-3-1-4-10-19)17-18-8-7-13-21(16-18)28-15-14-27-20-11-5-2-6-12-20/h1-13,16-17H,14-15H2. The van der Waals surface area contributed by atoms with Crippen LogP contribution in [0.3, 0.4) is 0 Å². The lowest BCUT2D eigenvalue weighted by Crippen LogP contribution is -2.27. The van der Waals surface area contributed by atoms with Gasteiger partial charge in [-0.2, -0.15) is 0 Å². The summed E-state index contributed by atoms with van der Waals surface area (Å²) in [6.07, 6.45) is 1.84. The third-order valence-electron chi connectivity index (χ3n) is 4.33. The molecule has 0 atom stereocenters. The smallest absolute Gasteiger partial charge is 0.270 e. The number of anilines is 1. The molecule has 1 saturated heterocycles. The van der Waals surface area contributed by atoms with Crippen LogP contribution in [0.1, 0.15) is 5.56 Å². The molecule has 0 bridgehead atoms. The van der Waals surface area contributed by atoms with Gasteiger partial charge in [-0.05, 0) is 48.0 Å². The number of para-hydroxylation sites is 2. The number of hydrogen-bond donors (Lipinski definition) is 0. The monoisotopic (exact) mass is 433 g/mol. The molecule has 0 radical (unpaired) electrons. The van der Waals surface area contributed by atoms with Gasteiger partial charge >= 0.3 is 0 Å². The first-order valence-corrected chi connectivity index (χ1v) is 10.7. The van der Waals surface area contributed by atoms with Crippen LogP contribution >= 0.6 is 24.0 Å². The summed E-state index contributed by atoms with van der Waals surface area (Å²) in [6.45, 7) is 0.873. The number of carbonyl (C=O) groups excluding carboxylic acids is 1. The molecule has 150 valence electrons. The minimum Gasteiger partial charge on any atom is -0.490 e. The average molecular weight is 434 g/mol. The second-order valence-corrected chi connectivity index (χ2v) is 8.11. The van der Waals surface area contributed by atoms with Crippen molar-refractivity contribution in [3.63, 3.8) is 0 Å². The molecule has 1 amide bonds. The van der Waals surface area contributed by atoms with Gasteiger partial charge in [0.1, 0.15) is 24.7 Å². The molecule has 3 aromatic carbocycles. The fourth-order valence-corrected chi connectivity index (χ4v) is 4.25. The molecule has 4 rings (SSSR count). The van der Waals surface area contributed by atoms with Gasteiger partial charge in [-0.15, -0.1) is 0 Å². The van der Waals surface area contributed by atoms with Gasteiger partial charge in [0.15, 0.2) is 4.32 Å².